The normalized spacial score (nSPS) is 21.9. The SMILES string of the molecule is CCN1CCCCC1c1noc(CCCN)n1. The molecule has 1 fully saturated rings. The first-order valence-corrected chi connectivity index (χ1v) is 6.61. The van der Waals surface area contributed by atoms with Crippen LogP contribution in [0.3, 0.4) is 0 Å². The van der Waals surface area contributed by atoms with Gasteiger partial charge in [-0.2, -0.15) is 4.98 Å². The maximum Gasteiger partial charge on any atom is 0.226 e. The Hall–Kier alpha value is -0.940. The lowest BCUT2D eigenvalue weighted by atomic mass is 10.0. The van der Waals surface area contributed by atoms with Crippen LogP contribution in [-0.2, 0) is 6.42 Å². The van der Waals surface area contributed by atoms with Crippen molar-refractivity contribution in [3.05, 3.63) is 11.7 Å². The van der Waals surface area contributed by atoms with Gasteiger partial charge in [-0.3, -0.25) is 4.90 Å². The van der Waals surface area contributed by atoms with Gasteiger partial charge in [0.25, 0.3) is 0 Å². The molecule has 2 rings (SSSR count). The maximum absolute atomic E-state index is 5.47. The number of piperidine rings is 1. The molecule has 0 aromatic carbocycles. The van der Waals surface area contributed by atoms with Gasteiger partial charge in [-0.25, -0.2) is 0 Å². The third-order valence-corrected chi connectivity index (χ3v) is 3.40. The van der Waals surface area contributed by atoms with E-state index in [9.17, 15) is 0 Å². The van der Waals surface area contributed by atoms with Crippen molar-refractivity contribution in [1.29, 1.82) is 0 Å². The zero-order valence-electron chi connectivity index (χ0n) is 10.6. The van der Waals surface area contributed by atoms with Gasteiger partial charge < -0.3 is 10.3 Å². The number of nitrogens with two attached hydrogens (primary N) is 1. The van der Waals surface area contributed by atoms with Crippen molar-refractivity contribution in [3.8, 4) is 0 Å². The average molecular weight is 238 g/mol. The van der Waals surface area contributed by atoms with Crippen LogP contribution in [0.1, 0.15) is 50.4 Å². The first-order valence-electron chi connectivity index (χ1n) is 6.61. The summed E-state index contributed by atoms with van der Waals surface area (Å²) in [6.07, 6.45) is 5.38. The minimum absolute atomic E-state index is 0.351. The molecule has 1 saturated heterocycles. The second-order valence-corrected chi connectivity index (χ2v) is 4.58. The lowest BCUT2D eigenvalue weighted by Crippen LogP contribution is -2.33. The van der Waals surface area contributed by atoms with Crippen LogP contribution in [0.5, 0.6) is 0 Å². The number of hydrogen-bond donors (Lipinski definition) is 1. The molecule has 0 amide bonds. The van der Waals surface area contributed by atoms with Crippen LogP contribution in [0.25, 0.3) is 0 Å². The number of aryl methyl sites for hydroxylation is 1. The summed E-state index contributed by atoms with van der Waals surface area (Å²) < 4.78 is 5.27. The number of aromatic nitrogens is 2. The zero-order valence-corrected chi connectivity index (χ0v) is 10.6. The largest absolute Gasteiger partial charge is 0.339 e. The molecule has 1 aromatic heterocycles. The number of rotatable bonds is 5. The van der Waals surface area contributed by atoms with E-state index in [-0.39, 0.29) is 0 Å². The Labute approximate surface area is 102 Å². The molecule has 17 heavy (non-hydrogen) atoms. The van der Waals surface area contributed by atoms with Crippen LogP contribution in [0.15, 0.2) is 4.52 Å². The fourth-order valence-electron chi connectivity index (χ4n) is 2.42. The highest BCUT2D eigenvalue weighted by Crippen LogP contribution is 2.28. The van der Waals surface area contributed by atoms with Crippen LogP contribution in [0, 0.1) is 0 Å². The minimum Gasteiger partial charge on any atom is -0.339 e. The van der Waals surface area contributed by atoms with Gasteiger partial charge in [-0.15, -0.1) is 0 Å². The molecule has 0 spiro atoms. The molecule has 1 aliphatic heterocycles. The molecule has 1 atom stereocenters. The van der Waals surface area contributed by atoms with Gasteiger partial charge >= 0.3 is 0 Å². The topological polar surface area (TPSA) is 68.2 Å². The van der Waals surface area contributed by atoms with Crippen molar-refractivity contribution >= 4 is 0 Å². The van der Waals surface area contributed by atoms with E-state index in [2.05, 4.69) is 22.0 Å². The third-order valence-electron chi connectivity index (χ3n) is 3.40. The van der Waals surface area contributed by atoms with Crippen LogP contribution in [-0.4, -0.2) is 34.7 Å². The average Bonchev–Trinajstić information content (AvgIpc) is 2.85. The molecule has 2 N–H and O–H groups in total. The van der Waals surface area contributed by atoms with E-state index in [4.69, 9.17) is 10.3 Å². The summed E-state index contributed by atoms with van der Waals surface area (Å²) in [5, 5.41) is 4.12. The maximum atomic E-state index is 5.47. The van der Waals surface area contributed by atoms with Gasteiger partial charge in [-0.05, 0) is 38.9 Å². The minimum atomic E-state index is 0.351. The molecule has 0 saturated carbocycles. The van der Waals surface area contributed by atoms with Crippen molar-refractivity contribution < 1.29 is 4.52 Å². The highest BCUT2D eigenvalue weighted by atomic mass is 16.5. The molecule has 1 aromatic rings. The zero-order chi connectivity index (χ0) is 12.1. The van der Waals surface area contributed by atoms with Crippen LogP contribution in [0.2, 0.25) is 0 Å². The highest BCUT2D eigenvalue weighted by Gasteiger charge is 2.26. The van der Waals surface area contributed by atoms with E-state index in [1.807, 2.05) is 0 Å². The van der Waals surface area contributed by atoms with Gasteiger partial charge in [-0.1, -0.05) is 18.5 Å². The molecular weight excluding hydrogens is 216 g/mol. The Morgan fingerprint density at radius 3 is 3.12 bits per heavy atom. The quantitative estimate of drug-likeness (QED) is 0.842. The Balaban J connectivity index is 2.02. The highest BCUT2D eigenvalue weighted by molar-refractivity contribution is 4.97. The van der Waals surface area contributed by atoms with Crippen LogP contribution in [0.4, 0.5) is 0 Å². The first-order chi connectivity index (χ1) is 8.35. The summed E-state index contributed by atoms with van der Waals surface area (Å²) in [4.78, 5) is 6.93. The summed E-state index contributed by atoms with van der Waals surface area (Å²) >= 11 is 0. The fraction of sp³-hybridized carbons (Fsp3) is 0.833. The summed E-state index contributed by atoms with van der Waals surface area (Å²) in [5.41, 5.74) is 5.47. The second-order valence-electron chi connectivity index (χ2n) is 4.58. The smallest absolute Gasteiger partial charge is 0.226 e. The molecule has 0 aliphatic carbocycles. The Bertz CT molecular complexity index is 339. The van der Waals surface area contributed by atoms with E-state index in [1.54, 1.807) is 0 Å². The van der Waals surface area contributed by atoms with Gasteiger partial charge in [0, 0.05) is 6.42 Å². The predicted octanol–water partition coefficient (Wildman–Crippen LogP) is 1.51. The van der Waals surface area contributed by atoms with E-state index in [1.165, 1.54) is 12.8 Å². The second kappa shape index (κ2) is 6.12. The molecule has 96 valence electrons. The summed E-state index contributed by atoms with van der Waals surface area (Å²) in [7, 11) is 0. The van der Waals surface area contributed by atoms with Gasteiger partial charge in [0.1, 0.15) is 0 Å². The van der Waals surface area contributed by atoms with Gasteiger partial charge in [0.05, 0.1) is 6.04 Å². The van der Waals surface area contributed by atoms with Crippen molar-refractivity contribution in [2.45, 2.75) is 45.1 Å². The summed E-state index contributed by atoms with van der Waals surface area (Å²) in [6.45, 7) is 5.06. The Morgan fingerprint density at radius 1 is 1.47 bits per heavy atom. The van der Waals surface area contributed by atoms with Crippen LogP contribution >= 0.6 is 0 Å². The van der Waals surface area contributed by atoms with Gasteiger partial charge in [0.2, 0.25) is 5.89 Å². The molecular formula is C12H22N4O. The Kier molecular flexibility index (Phi) is 4.50. The summed E-state index contributed by atoms with van der Waals surface area (Å²) in [6, 6.07) is 0.351. The first kappa shape index (κ1) is 12.5. The number of likely N-dealkylation sites (tertiary alicyclic amines) is 1. The van der Waals surface area contributed by atoms with Crippen molar-refractivity contribution in [3.63, 3.8) is 0 Å². The molecule has 1 unspecified atom stereocenters. The standard InChI is InChI=1S/C12H22N4O/c1-2-16-9-4-3-6-10(16)12-14-11(17-15-12)7-5-8-13/h10H,2-9,13H2,1H3. The fourth-order valence-corrected chi connectivity index (χ4v) is 2.42. The molecule has 0 bridgehead atoms. The monoisotopic (exact) mass is 238 g/mol. The van der Waals surface area contributed by atoms with Crippen molar-refractivity contribution in [2.75, 3.05) is 19.6 Å². The molecule has 1 aliphatic rings. The number of nitrogens with zero attached hydrogens (tertiary/aromatic N) is 3. The lowest BCUT2D eigenvalue weighted by molar-refractivity contribution is 0.147. The Morgan fingerprint density at radius 2 is 2.35 bits per heavy atom. The van der Waals surface area contributed by atoms with E-state index in [0.717, 1.165) is 44.1 Å². The summed E-state index contributed by atoms with van der Waals surface area (Å²) in [5.74, 6) is 1.59. The van der Waals surface area contributed by atoms with E-state index in [0.29, 0.717) is 12.6 Å². The molecule has 0 radical (unpaired) electrons. The molecule has 5 nitrogen and oxygen atoms in total. The van der Waals surface area contributed by atoms with E-state index >= 15 is 0 Å². The van der Waals surface area contributed by atoms with Gasteiger partial charge in [0.15, 0.2) is 5.82 Å². The molecule has 5 heteroatoms. The number of hydrogen-bond acceptors (Lipinski definition) is 5. The predicted molar refractivity (Wildman–Crippen MR) is 65.5 cm³/mol. The molecule has 2 heterocycles. The van der Waals surface area contributed by atoms with Crippen LogP contribution < -0.4 is 5.73 Å². The van der Waals surface area contributed by atoms with Crippen molar-refractivity contribution in [1.82, 2.24) is 15.0 Å². The third kappa shape index (κ3) is 3.04. The lowest BCUT2D eigenvalue weighted by Gasteiger charge is -2.32. The van der Waals surface area contributed by atoms with Crippen molar-refractivity contribution in [2.24, 2.45) is 5.73 Å². The van der Waals surface area contributed by atoms with E-state index < -0.39 is 0 Å².